The number of nitrogens with one attached hydrogen (secondary N) is 1. The number of carbonyl (C=O) groups is 3. The van der Waals surface area contributed by atoms with Gasteiger partial charge in [0.15, 0.2) is 0 Å². The Morgan fingerprint density at radius 2 is 1.69 bits per heavy atom. The van der Waals surface area contributed by atoms with Crippen LogP contribution >= 0.6 is 11.6 Å². The fourth-order valence-electron chi connectivity index (χ4n) is 4.19. The number of carbonyl (C=O) groups excluding carboxylic acids is 3. The second-order valence-corrected chi connectivity index (χ2v) is 8.40. The molecule has 1 saturated heterocycles. The number of hydrogen-bond donors (Lipinski definition) is 2. The number of ketones is 1. The predicted molar refractivity (Wildman–Crippen MR) is 137 cm³/mol. The molecule has 9 heteroatoms. The first-order chi connectivity index (χ1) is 17.3. The summed E-state index contributed by atoms with van der Waals surface area (Å²) >= 11 is 6.25. The molecule has 3 aromatic rings. The molecule has 1 heterocycles. The van der Waals surface area contributed by atoms with Crippen molar-refractivity contribution in [3.8, 4) is 11.5 Å². The molecular formula is C27H23ClN2O6. The van der Waals surface area contributed by atoms with Gasteiger partial charge in [-0.1, -0.05) is 35.9 Å². The molecule has 0 aromatic heterocycles. The Kier molecular flexibility index (Phi) is 6.98. The second-order valence-electron chi connectivity index (χ2n) is 7.99. The van der Waals surface area contributed by atoms with Crippen LogP contribution in [0.25, 0.3) is 5.76 Å². The lowest BCUT2D eigenvalue weighted by atomic mass is 9.94. The van der Waals surface area contributed by atoms with Crippen LogP contribution in [0, 0.1) is 0 Å². The summed E-state index contributed by atoms with van der Waals surface area (Å²) in [6, 6.07) is 17.0. The Balaban J connectivity index is 1.95. The largest absolute Gasteiger partial charge is 0.507 e. The van der Waals surface area contributed by atoms with Gasteiger partial charge in [-0.25, -0.2) is 0 Å². The topological polar surface area (TPSA) is 105 Å². The lowest BCUT2D eigenvalue weighted by Gasteiger charge is -2.27. The Labute approximate surface area is 212 Å². The molecule has 0 radical (unpaired) electrons. The highest BCUT2D eigenvalue weighted by Gasteiger charge is 2.48. The highest BCUT2D eigenvalue weighted by molar-refractivity contribution is 6.51. The van der Waals surface area contributed by atoms with E-state index in [0.29, 0.717) is 28.4 Å². The van der Waals surface area contributed by atoms with Gasteiger partial charge in [0, 0.05) is 29.4 Å². The zero-order valence-corrected chi connectivity index (χ0v) is 20.5. The molecule has 4 rings (SSSR count). The standard InChI is InChI=1S/C27H23ClN2O6/c1-15(31)29-17-7-6-8-18(14-17)30-24(19-9-4-5-10-21(19)35-2)23(26(33)27(30)34)25(32)16-11-12-22(36-3)20(28)13-16/h4-14,24,32H,1-3H3,(H,29,31)/b25-23+. The summed E-state index contributed by atoms with van der Waals surface area (Å²) in [6.45, 7) is 1.37. The first-order valence-electron chi connectivity index (χ1n) is 10.9. The van der Waals surface area contributed by atoms with E-state index in [4.69, 9.17) is 21.1 Å². The van der Waals surface area contributed by atoms with Gasteiger partial charge >= 0.3 is 0 Å². The number of amides is 2. The number of ether oxygens (including phenoxy) is 2. The van der Waals surface area contributed by atoms with Crippen molar-refractivity contribution in [1.82, 2.24) is 0 Å². The fourth-order valence-corrected chi connectivity index (χ4v) is 4.45. The van der Waals surface area contributed by atoms with Crippen LogP contribution in [0.1, 0.15) is 24.1 Å². The van der Waals surface area contributed by atoms with E-state index in [0.717, 1.165) is 0 Å². The fraction of sp³-hybridized carbons (Fsp3) is 0.148. The van der Waals surface area contributed by atoms with Crippen LogP contribution in [0.15, 0.2) is 72.3 Å². The highest BCUT2D eigenvalue weighted by atomic mass is 35.5. The Bertz CT molecular complexity index is 1400. The third kappa shape index (κ3) is 4.50. The van der Waals surface area contributed by atoms with Gasteiger partial charge in [0.1, 0.15) is 17.3 Å². The minimum Gasteiger partial charge on any atom is -0.507 e. The first-order valence-corrected chi connectivity index (χ1v) is 11.3. The number of aliphatic hydroxyl groups excluding tert-OH is 1. The monoisotopic (exact) mass is 506 g/mol. The van der Waals surface area contributed by atoms with Gasteiger partial charge in [0.2, 0.25) is 5.91 Å². The lowest BCUT2D eigenvalue weighted by Crippen LogP contribution is -2.29. The molecule has 3 aromatic carbocycles. The molecular weight excluding hydrogens is 484 g/mol. The van der Waals surface area contributed by atoms with E-state index < -0.39 is 23.5 Å². The maximum Gasteiger partial charge on any atom is 0.300 e. The molecule has 1 fully saturated rings. The van der Waals surface area contributed by atoms with E-state index in [-0.39, 0.29) is 22.1 Å². The van der Waals surface area contributed by atoms with Gasteiger partial charge in [-0.3, -0.25) is 19.3 Å². The molecule has 1 aliphatic rings. The number of rotatable bonds is 6. The minimum atomic E-state index is -1.02. The Morgan fingerprint density at radius 1 is 0.972 bits per heavy atom. The summed E-state index contributed by atoms with van der Waals surface area (Å²) in [5, 5.41) is 14.2. The minimum absolute atomic E-state index is 0.129. The molecule has 0 saturated carbocycles. The van der Waals surface area contributed by atoms with Crippen molar-refractivity contribution >= 4 is 46.3 Å². The third-order valence-electron chi connectivity index (χ3n) is 5.75. The summed E-state index contributed by atoms with van der Waals surface area (Å²) in [5.74, 6) is -1.58. The number of benzene rings is 3. The maximum absolute atomic E-state index is 13.4. The number of nitrogens with zero attached hydrogens (tertiary/aromatic N) is 1. The smallest absolute Gasteiger partial charge is 0.300 e. The van der Waals surface area contributed by atoms with E-state index in [2.05, 4.69) is 5.32 Å². The summed E-state index contributed by atoms with van der Waals surface area (Å²) in [5.41, 5.74) is 1.40. The average molecular weight is 507 g/mol. The molecule has 36 heavy (non-hydrogen) atoms. The Morgan fingerprint density at radius 3 is 2.36 bits per heavy atom. The van der Waals surface area contributed by atoms with Gasteiger partial charge < -0.3 is 19.9 Å². The zero-order chi connectivity index (χ0) is 26.0. The van der Waals surface area contributed by atoms with Gasteiger partial charge in [0.25, 0.3) is 11.7 Å². The van der Waals surface area contributed by atoms with Crippen molar-refractivity contribution in [2.45, 2.75) is 13.0 Å². The predicted octanol–water partition coefficient (Wildman–Crippen LogP) is 4.94. The number of hydrogen-bond acceptors (Lipinski definition) is 6. The number of aliphatic hydroxyl groups is 1. The normalized spacial score (nSPS) is 16.7. The van der Waals surface area contributed by atoms with Crippen LogP contribution in [-0.4, -0.2) is 36.9 Å². The number of para-hydroxylation sites is 1. The molecule has 0 aliphatic carbocycles. The molecule has 2 N–H and O–H groups in total. The van der Waals surface area contributed by atoms with Crippen LogP contribution in [0.5, 0.6) is 11.5 Å². The molecule has 8 nitrogen and oxygen atoms in total. The van der Waals surface area contributed by atoms with Crippen molar-refractivity contribution < 1.29 is 29.0 Å². The van der Waals surface area contributed by atoms with Crippen LogP contribution in [0.4, 0.5) is 11.4 Å². The van der Waals surface area contributed by atoms with Crippen LogP contribution < -0.4 is 19.7 Å². The van der Waals surface area contributed by atoms with Gasteiger partial charge in [-0.15, -0.1) is 0 Å². The van der Waals surface area contributed by atoms with Crippen LogP contribution in [-0.2, 0) is 14.4 Å². The van der Waals surface area contributed by atoms with Gasteiger partial charge in [0.05, 0.1) is 30.9 Å². The quantitative estimate of drug-likeness (QED) is 0.279. The molecule has 2 amide bonds. The zero-order valence-electron chi connectivity index (χ0n) is 19.7. The Hall–Kier alpha value is -4.30. The molecule has 1 unspecified atom stereocenters. The summed E-state index contributed by atoms with van der Waals surface area (Å²) in [4.78, 5) is 39.6. The van der Waals surface area contributed by atoms with Crippen LogP contribution in [0.3, 0.4) is 0 Å². The SMILES string of the molecule is COc1ccc(/C(O)=C2\C(=O)C(=O)N(c3cccc(NC(C)=O)c3)C2c2ccccc2OC)cc1Cl. The van der Waals surface area contributed by atoms with Crippen molar-refractivity contribution in [3.05, 3.63) is 88.5 Å². The number of anilines is 2. The molecule has 1 aliphatic heterocycles. The van der Waals surface area contributed by atoms with Crippen molar-refractivity contribution in [3.63, 3.8) is 0 Å². The molecule has 184 valence electrons. The lowest BCUT2D eigenvalue weighted by molar-refractivity contribution is -0.132. The van der Waals surface area contributed by atoms with E-state index in [1.54, 1.807) is 60.7 Å². The van der Waals surface area contributed by atoms with Crippen LogP contribution in [0.2, 0.25) is 5.02 Å². The first kappa shape index (κ1) is 24.8. The number of Topliss-reactive ketones (excluding diaryl/α,β-unsaturated/α-hetero) is 1. The molecule has 1 atom stereocenters. The van der Waals surface area contributed by atoms with Crippen molar-refractivity contribution in [2.75, 3.05) is 24.4 Å². The van der Waals surface area contributed by atoms with E-state index in [9.17, 15) is 19.5 Å². The van der Waals surface area contributed by atoms with Gasteiger partial charge in [-0.2, -0.15) is 0 Å². The van der Waals surface area contributed by atoms with Crippen molar-refractivity contribution in [2.24, 2.45) is 0 Å². The summed E-state index contributed by atoms with van der Waals surface area (Å²) in [7, 11) is 2.94. The summed E-state index contributed by atoms with van der Waals surface area (Å²) < 4.78 is 10.7. The summed E-state index contributed by atoms with van der Waals surface area (Å²) in [6.07, 6.45) is 0. The third-order valence-corrected chi connectivity index (χ3v) is 6.04. The van der Waals surface area contributed by atoms with E-state index in [1.165, 1.54) is 32.1 Å². The molecule has 0 spiro atoms. The maximum atomic E-state index is 13.4. The second kappa shape index (κ2) is 10.1. The number of methoxy groups -OCH3 is 2. The van der Waals surface area contributed by atoms with Crippen molar-refractivity contribution in [1.29, 1.82) is 0 Å². The van der Waals surface area contributed by atoms with Gasteiger partial charge in [-0.05, 0) is 42.5 Å². The molecule has 0 bridgehead atoms. The van der Waals surface area contributed by atoms with E-state index in [1.807, 2.05) is 0 Å². The highest BCUT2D eigenvalue weighted by Crippen LogP contribution is 2.45. The number of halogens is 1. The van der Waals surface area contributed by atoms with E-state index >= 15 is 0 Å². The average Bonchev–Trinajstić information content (AvgIpc) is 3.13.